The van der Waals surface area contributed by atoms with Crippen molar-refractivity contribution < 1.29 is 23.4 Å². The number of hydrogen-bond donors (Lipinski definition) is 1. The number of rotatable bonds is 4. The Kier molecular flexibility index (Phi) is 5.32. The number of halogens is 3. The number of ether oxygens (including phenoxy) is 1. The van der Waals surface area contributed by atoms with E-state index in [-0.39, 0.29) is 6.54 Å². The first-order chi connectivity index (χ1) is 14.4. The van der Waals surface area contributed by atoms with Gasteiger partial charge in [0.15, 0.2) is 23.3 Å². The van der Waals surface area contributed by atoms with Crippen LogP contribution in [-0.2, 0) is 21.7 Å². The summed E-state index contributed by atoms with van der Waals surface area (Å²) in [4.78, 5) is 14.8. The molecule has 0 radical (unpaired) electrons. The summed E-state index contributed by atoms with van der Waals surface area (Å²) < 4.78 is 32.5. The molecule has 0 saturated heterocycles. The maximum Gasteiger partial charge on any atom is 0.260 e. The lowest BCUT2D eigenvalue weighted by molar-refractivity contribution is -0.145. The summed E-state index contributed by atoms with van der Waals surface area (Å²) in [6.45, 7) is -0.0323. The molecule has 3 aromatic rings. The van der Waals surface area contributed by atoms with Crippen molar-refractivity contribution >= 4 is 23.2 Å². The van der Waals surface area contributed by atoms with E-state index in [2.05, 4.69) is 0 Å². The third-order valence-corrected chi connectivity index (χ3v) is 5.54. The van der Waals surface area contributed by atoms with Crippen LogP contribution in [0.4, 0.5) is 14.5 Å². The SMILES string of the molecule is COC1C(=O)N(Cc2ccc(F)c(F)c2)c2ccc(Cl)cc2C1(O)c1ccccc1. The van der Waals surface area contributed by atoms with E-state index in [1.165, 1.54) is 18.1 Å². The largest absolute Gasteiger partial charge is 0.377 e. The van der Waals surface area contributed by atoms with E-state index < -0.39 is 29.2 Å². The van der Waals surface area contributed by atoms with Gasteiger partial charge in [-0.15, -0.1) is 0 Å². The highest BCUT2D eigenvalue weighted by atomic mass is 35.5. The standard InChI is InChI=1S/C23H18ClF2NO3/c1-30-21-22(28)27(13-14-7-9-18(25)19(26)11-14)20-10-8-16(24)12-17(20)23(21,29)15-5-3-2-4-6-15/h2-12,21,29H,13H2,1H3. The van der Waals surface area contributed by atoms with Crippen molar-refractivity contribution in [1.29, 1.82) is 0 Å². The number of carbonyl (C=O) groups excluding carboxylic acids is 1. The van der Waals surface area contributed by atoms with Gasteiger partial charge < -0.3 is 14.7 Å². The zero-order valence-electron chi connectivity index (χ0n) is 16.0. The minimum absolute atomic E-state index is 0.0323. The summed E-state index contributed by atoms with van der Waals surface area (Å²) in [5, 5.41) is 12.1. The van der Waals surface area contributed by atoms with E-state index in [1.54, 1.807) is 48.5 Å². The Labute approximate surface area is 177 Å². The van der Waals surface area contributed by atoms with Crippen LogP contribution in [0.15, 0.2) is 66.7 Å². The first kappa shape index (κ1) is 20.5. The second kappa shape index (κ2) is 7.80. The fourth-order valence-electron chi connectivity index (χ4n) is 3.88. The molecule has 2 unspecified atom stereocenters. The minimum atomic E-state index is -1.78. The first-order valence-electron chi connectivity index (χ1n) is 9.22. The Balaban J connectivity index is 1.88. The van der Waals surface area contributed by atoms with Gasteiger partial charge in [0.25, 0.3) is 5.91 Å². The number of hydrogen-bond acceptors (Lipinski definition) is 3. The Hall–Kier alpha value is -2.80. The van der Waals surface area contributed by atoms with Crippen LogP contribution in [0.5, 0.6) is 0 Å². The molecule has 4 rings (SSSR count). The predicted octanol–water partition coefficient (Wildman–Crippen LogP) is 4.42. The Morgan fingerprint density at radius 3 is 2.47 bits per heavy atom. The highest BCUT2D eigenvalue weighted by Gasteiger charge is 2.52. The van der Waals surface area contributed by atoms with Gasteiger partial charge in [-0.25, -0.2) is 8.78 Å². The zero-order chi connectivity index (χ0) is 21.5. The van der Waals surface area contributed by atoms with Crippen molar-refractivity contribution in [2.24, 2.45) is 0 Å². The molecule has 154 valence electrons. The average Bonchev–Trinajstić information content (AvgIpc) is 2.75. The molecule has 0 fully saturated rings. The molecule has 1 aliphatic rings. The van der Waals surface area contributed by atoms with Crippen molar-refractivity contribution in [2.45, 2.75) is 18.2 Å². The molecular weight excluding hydrogens is 412 g/mol. The van der Waals surface area contributed by atoms with Crippen molar-refractivity contribution in [3.8, 4) is 0 Å². The van der Waals surface area contributed by atoms with Crippen LogP contribution < -0.4 is 4.90 Å². The van der Waals surface area contributed by atoms with Crippen LogP contribution in [0, 0.1) is 11.6 Å². The van der Waals surface area contributed by atoms with E-state index in [4.69, 9.17) is 16.3 Å². The smallest absolute Gasteiger partial charge is 0.260 e. The third kappa shape index (κ3) is 3.27. The molecule has 1 aliphatic heterocycles. The van der Waals surface area contributed by atoms with Crippen LogP contribution in [0.1, 0.15) is 16.7 Å². The van der Waals surface area contributed by atoms with Crippen molar-refractivity contribution in [1.82, 2.24) is 0 Å². The maximum atomic E-state index is 13.7. The van der Waals surface area contributed by atoms with E-state index in [0.29, 0.717) is 27.4 Å². The molecule has 3 aromatic carbocycles. The lowest BCUT2D eigenvalue weighted by atomic mass is 9.77. The predicted molar refractivity (Wildman–Crippen MR) is 109 cm³/mol. The molecule has 30 heavy (non-hydrogen) atoms. The van der Waals surface area contributed by atoms with Crippen LogP contribution in [-0.4, -0.2) is 24.2 Å². The van der Waals surface area contributed by atoms with Crippen molar-refractivity contribution in [2.75, 3.05) is 12.0 Å². The molecule has 1 heterocycles. The molecule has 4 nitrogen and oxygen atoms in total. The molecule has 0 bridgehead atoms. The second-order valence-corrected chi connectivity index (χ2v) is 7.52. The Morgan fingerprint density at radius 1 is 1.07 bits per heavy atom. The molecule has 2 atom stereocenters. The maximum absolute atomic E-state index is 13.7. The molecule has 1 amide bonds. The van der Waals surface area contributed by atoms with Gasteiger partial charge in [-0.1, -0.05) is 48.0 Å². The number of anilines is 1. The number of amides is 1. The third-order valence-electron chi connectivity index (χ3n) is 5.30. The topological polar surface area (TPSA) is 49.8 Å². The summed E-state index contributed by atoms with van der Waals surface area (Å²) in [5.74, 6) is -2.48. The normalized spacial score (nSPS) is 20.9. The van der Waals surface area contributed by atoms with E-state index in [0.717, 1.165) is 12.1 Å². The fourth-order valence-corrected chi connectivity index (χ4v) is 4.06. The molecular formula is C23H18ClF2NO3. The zero-order valence-corrected chi connectivity index (χ0v) is 16.7. The van der Waals surface area contributed by atoms with Gasteiger partial charge in [-0.05, 0) is 41.5 Å². The van der Waals surface area contributed by atoms with E-state index >= 15 is 0 Å². The highest BCUT2D eigenvalue weighted by molar-refractivity contribution is 6.30. The Morgan fingerprint density at radius 2 is 1.80 bits per heavy atom. The van der Waals surface area contributed by atoms with E-state index in [1.807, 2.05) is 0 Å². The number of carbonyl (C=O) groups is 1. The van der Waals surface area contributed by atoms with Crippen LogP contribution in [0.3, 0.4) is 0 Å². The fraction of sp³-hybridized carbons (Fsp3) is 0.174. The van der Waals surface area contributed by atoms with E-state index in [9.17, 15) is 18.7 Å². The highest BCUT2D eigenvalue weighted by Crippen LogP contribution is 2.46. The van der Waals surface area contributed by atoms with Gasteiger partial charge in [0, 0.05) is 17.7 Å². The minimum Gasteiger partial charge on any atom is -0.377 e. The molecule has 0 saturated carbocycles. The lowest BCUT2D eigenvalue weighted by Gasteiger charge is -2.44. The molecule has 0 spiro atoms. The molecule has 0 aromatic heterocycles. The number of benzene rings is 3. The molecule has 7 heteroatoms. The van der Waals surface area contributed by atoms with Crippen LogP contribution >= 0.6 is 11.6 Å². The van der Waals surface area contributed by atoms with Crippen molar-refractivity contribution in [3.05, 3.63) is 100 Å². The number of methoxy groups -OCH3 is 1. The quantitative estimate of drug-likeness (QED) is 0.668. The monoisotopic (exact) mass is 429 g/mol. The number of aliphatic hydroxyl groups is 1. The first-order valence-corrected chi connectivity index (χ1v) is 9.60. The molecule has 1 N–H and O–H groups in total. The summed E-state index contributed by atoms with van der Waals surface area (Å²) in [7, 11) is 1.34. The summed E-state index contributed by atoms with van der Waals surface area (Å²) in [5.41, 5.74) is -0.119. The van der Waals surface area contributed by atoms with Crippen LogP contribution in [0.25, 0.3) is 0 Å². The molecule has 0 aliphatic carbocycles. The van der Waals surface area contributed by atoms with Gasteiger partial charge in [-0.2, -0.15) is 0 Å². The van der Waals surface area contributed by atoms with Gasteiger partial charge in [0.1, 0.15) is 0 Å². The lowest BCUT2D eigenvalue weighted by Crippen LogP contribution is -2.57. The van der Waals surface area contributed by atoms with Gasteiger partial charge in [0.2, 0.25) is 0 Å². The van der Waals surface area contributed by atoms with Gasteiger partial charge in [0.05, 0.1) is 12.2 Å². The van der Waals surface area contributed by atoms with Crippen LogP contribution in [0.2, 0.25) is 5.02 Å². The van der Waals surface area contributed by atoms with Gasteiger partial charge >= 0.3 is 0 Å². The second-order valence-electron chi connectivity index (χ2n) is 7.08. The summed E-state index contributed by atoms with van der Waals surface area (Å²) >= 11 is 6.22. The summed E-state index contributed by atoms with van der Waals surface area (Å²) in [6.07, 6.45) is -1.27. The Bertz CT molecular complexity index is 1110. The number of nitrogens with zero attached hydrogens (tertiary/aromatic N) is 1. The summed E-state index contributed by atoms with van der Waals surface area (Å²) in [6, 6.07) is 17.0. The number of fused-ring (bicyclic) bond motifs is 1. The van der Waals surface area contributed by atoms with Crippen molar-refractivity contribution in [3.63, 3.8) is 0 Å². The average molecular weight is 430 g/mol. The van der Waals surface area contributed by atoms with Gasteiger partial charge in [-0.3, -0.25) is 4.79 Å².